The van der Waals surface area contributed by atoms with Crippen molar-refractivity contribution < 1.29 is 4.79 Å². The predicted molar refractivity (Wildman–Crippen MR) is 102 cm³/mol. The molecule has 0 aliphatic carbocycles. The van der Waals surface area contributed by atoms with Crippen LogP contribution >= 0.6 is 23.5 Å². The highest BCUT2D eigenvalue weighted by molar-refractivity contribution is 8.03. The molecule has 0 aromatic carbocycles. The van der Waals surface area contributed by atoms with Crippen LogP contribution in [0.4, 0.5) is 0 Å². The van der Waals surface area contributed by atoms with Gasteiger partial charge in [0.05, 0.1) is 0 Å². The molecule has 0 saturated heterocycles. The lowest BCUT2D eigenvalue weighted by Gasteiger charge is -2.24. The zero-order valence-electron chi connectivity index (χ0n) is 14.4. The van der Waals surface area contributed by atoms with E-state index in [1.54, 1.807) is 0 Å². The van der Waals surface area contributed by atoms with Crippen molar-refractivity contribution in [2.45, 2.75) is 94.5 Å². The largest absolute Gasteiger partial charge is 0.303 e. The summed E-state index contributed by atoms with van der Waals surface area (Å²) in [7, 11) is 0. The minimum absolute atomic E-state index is 0.753. The van der Waals surface area contributed by atoms with Crippen molar-refractivity contribution in [1.82, 2.24) is 0 Å². The van der Waals surface area contributed by atoms with Gasteiger partial charge in [-0.15, -0.1) is 0 Å². The molecule has 21 heavy (non-hydrogen) atoms. The Morgan fingerprint density at radius 3 is 1.71 bits per heavy atom. The minimum atomic E-state index is 0.753. The Morgan fingerprint density at radius 2 is 1.24 bits per heavy atom. The summed E-state index contributed by atoms with van der Waals surface area (Å²) in [6, 6.07) is 0. The van der Waals surface area contributed by atoms with Gasteiger partial charge in [-0.1, -0.05) is 58.3 Å². The van der Waals surface area contributed by atoms with Crippen LogP contribution in [-0.4, -0.2) is 29.3 Å². The van der Waals surface area contributed by atoms with Crippen LogP contribution in [0, 0.1) is 0 Å². The number of rotatable bonds is 16. The SMILES string of the molecule is CCCCC(SC)C(CCCCCCCCCC=O)SC. The lowest BCUT2D eigenvalue weighted by atomic mass is 10.0. The van der Waals surface area contributed by atoms with Crippen molar-refractivity contribution in [3.63, 3.8) is 0 Å². The first-order valence-corrected chi connectivity index (χ1v) is 11.4. The van der Waals surface area contributed by atoms with Crippen LogP contribution in [0.25, 0.3) is 0 Å². The number of hydrogen-bond acceptors (Lipinski definition) is 3. The maximum Gasteiger partial charge on any atom is 0.119 e. The van der Waals surface area contributed by atoms with Crippen LogP contribution < -0.4 is 0 Å². The molecule has 2 unspecified atom stereocenters. The van der Waals surface area contributed by atoms with Gasteiger partial charge in [0, 0.05) is 16.9 Å². The van der Waals surface area contributed by atoms with Crippen molar-refractivity contribution >= 4 is 29.8 Å². The lowest BCUT2D eigenvalue weighted by molar-refractivity contribution is -0.107. The molecule has 0 spiro atoms. The van der Waals surface area contributed by atoms with E-state index in [9.17, 15) is 4.79 Å². The van der Waals surface area contributed by atoms with E-state index in [2.05, 4.69) is 43.0 Å². The van der Waals surface area contributed by atoms with Crippen LogP contribution in [0.1, 0.15) is 84.0 Å². The Labute approximate surface area is 141 Å². The standard InChI is InChI=1S/C18H36OS2/c1-4-5-14-17(20-2)18(21-3)15-12-10-8-6-7-9-11-13-16-19/h16-18H,4-15H2,1-3H3. The third-order valence-corrected chi connectivity index (χ3v) is 6.68. The number of unbranched alkanes of at least 4 members (excludes halogenated alkanes) is 8. The van der Waals surface area contributed by atoms with Crippen molar-refractivity contribution in [2.75, 3.05) is 12.5 Å². The number of aldehydes is 1. The Hall–Kier alpha value is 0.370. The molecule has 0 aliphatic heterocycles. The molecule has 0 saturated carbocycles. The summed E-state index contributed by atoms with van der Waals surface area (Å²) in [6.45, 7) is 2.29. The summed E-state index contributed by atoms with van der Waals surface area (Å²) < 4.78 is 0. The normalized spacial score (nSPS) is 14.0. The van der Waals surface area contributed by atoms with Gasteiger partial charge in [0.25, 0.3) is 0 Å². The fourth-order valence-electron chi connectivity index (χ4n) is 2.77. The monoisotopic (exact) mass is 332 g/mol. The van der Waals surface area contributed by atoms with Gasteiger partial charge in [0.1, 0.15) is 6.29 Å². The maximum atomic E-state index is 10.2. The van der Waals surface area contributed by atoms with Gasteiger partial charge in [-0.05, 0) is 31.8 Å². The summed E-state index contributed by atoms with van der Waals surface area (Å²) >= 11 is 4.15. The second-order valence-corrected chi connectivity index (χ2v) is 8.06. The molecule has 126 valence electrons. The Bertz CT molecular complexity index is 221. The molecule has 0 heterocycles. The van der Waals surface area contributed by atoms with Crippen LogP contribution in [-0.2, 0) is 4.79 Å². The minimum Gasteiger partial charge on any atom is -0.303 e. The van der Waals surface area contributed by atoms with Gasteiger partial charge in [0.15, 0.2) is 0 Å². The smallest absolute Gasteiger partial charge is 0.119 e. The molecule has 0 aromatic rings. The van der Waals surface area contributed by atoms with Crippen LogP contribution in [0.15, 0.2) is 0 Å². The highest BCUT2D eigenvalue weighted by atomic mass is 32.2. The third-order valence-electron chi connectivity index (χ3n) is 4.17. The maximum absolute atomic E-state index is 10.2. The summed E-state index contributed by atoms with van der Waals surface area (Å²) in [6.07, 6.45) is 21.0. The summed E-state index contributed by atoms with van der Waals surface area (Å²) in [5, 5.41) is 1.70. The van der Waals surface area contributed by atoms with Gasteiger partial charge in [0.2, 0.25) is 0 Å². The van der Waals surface area contributed by atoms with Crippen molar-refractivity contribution in [2.24, 2.45) is 0 Å². The number of thioether (sulfide) groups is 2. The fraction of sp³-hybridized carbons (Fsp3) is 0.944. The molecule has 0 aliphatic rings. The molecule has 3 heteroatoms. The molecule has 0 aromatic heterocycles. The highest BCUT2D eigenvalue weighted by Gasteiger charge is 2.18. The summed E-state index contributed by atoms with van der Waals surface area (Å²) in [4.78, 5) is 10.2. The van der Waals surface area contributed by atoms with Gasteiger partial charge in [-0.2, -0.15) is 23.5 Å². The van der Waals surface area contributed by atoms with Gasteiger partial charge in [-0.3, -0.25) is 0 Å². The van der Waals surface area contributed by atoms with E-state index in [0.717, 1.165) is 29.6 Å². The highest BCUT2D eigenvalue weighted by Crippen LogP contribution is 2.29. The van der Waals surface area contributed by atoms with E-state index in [1.165, 1.54) is 64.2 Å². The summed E-state index contributed by atoms with van der Waals surface area (Å²) in [5.41, 5.74) is 0. The molecule has 0 rings (SSSR count). The molecule has 0 amide bonds. The molecule has 2 atom stereocenters. The van der Waals surface area contributed by atoms with E-state index in [-0.39, 0.29) is 0 Å². The van der Waals surface area contributed by atoms with E-state index in [0.29, 0.717) is 0 Å². The molecule has 0 fully saturated rings. The zero-order valence-corrected chi connectivity index (χ0v) is 16.1. The van der Waals surface area contributed by atoms with E-state index in [1.807, 2.05) is 0 Å². The average Bonchev–Trinajstić information content (AvgIpc) is 2.51. The Kier molecular flexibility index (Phi) is 17.0. The Morgan fingerprint density at radius 1 is 0.762 bits per heavy atom. The van der Waals surface area contributed by atoms with E-state index < -0.39 is 0 Å². The van der Waals surface area contributed by atoms with E-state index in [4.69, 9.17) is 0 Å². The molecular weight excluding hydrogens is 296 g/mol. The van der Waals surface area contributed by atoms with Gasteiger partial charge >= 0.3 is 0 Å². The molecule has 0 radical (unpaired) electrons. The molecular formula is C18H36OS2. The van der Waals surface area contributed by atoms with Crippen molar-refractivity contribution in [3.8, 4) is 0 Å². The first-order chi connectivity index (χ1) is 10.3. The topological polar surface area (TPSA) is 17.1 Å². The molecule has 0 bridgehead atoms. The van der Waals surface area contributed by atoms with Gasteiger partial charge in [-0.25, -0.2) is 0 Å². The fourth-order valence-corrected chi connectivity index (χ4v) is 5.12. The first kappa shape index (κ1) is 21.4. The first-order valence-electron chi connectivity index (χ1n) is 8.79. The van der Waals surface area contributed by atoms with Gasteiger partial charge < -0.3 is 4.79 Å². The van der Waals surface area contributed by atoms with Crippen molar-refractivity contribution in [1.29, 1.82) is 0 Å². The zero-order chi connectivity index (χ0) is 15.8. The second kappa shape index (κ2) is 16.7. The third kappa shape index (κ3) is 12.6. The van der Waals surface area contributed by atoms with Crippen LogP contribution in [0.5, 0.6) is 0 Å². The predicted octanol–water partition coefficient (Wildman–Crippen LogP) is 6.35. The quantitative estimate of drug-likeness (QED) is 0.242. The number of carbonyl (C=O) groups excluding carboxylic acids is 1. The Balaban J connectivity index is 3.59. The summed E-state index contributed by atoms with van der Waals surface area (Å²) in [5.74, 6) is 0. The lowest BCUT2D eigenvalue weighted by Crippen LogP contribution is -2.19. The van der Waals surface area contributed by atoms with Crippen molar-refractivity contribution in [3.05, 3.63) is 0 Å². The van der Waals surface area contributed by atoms with E-state index >= 15 is 0 Å². The molecule has 1 nitrogen and oxygen atoms in total. The number of hydrogen-bond donors (Lipinski definition) is 0. The molecule has 0 N–H and O–H groups in total. The second-order valence-electron chi connectivity index (χ2n) is 5.91. The van der Waals surface area contributed by atoms with Crippen LogP contribution in [0.3, 0.4) is 0 Å². The number of carbonyl (C=O) groups is 1. The van der Waals surface area contributed by atoms with Crippen LogP contribution in [0.2, 0.25) is 0 Å². The average molecular weight is 333 g/mol.